The predicted octanol–water partition coefficient (Wildman–Crippen LogP) is 1.35. The van der Waals surface area contributed by atoms with Gasteiger partial charge in [0.25, 0.3) is 0 Å². The molecule has 1 unspecified atom stereocenters. The highest BCUT2D eigenvalue weighted by atomic mass is 16.5. The van der Waals surface area contributed by atoms with E-state index in [1.54, 1.807) is 19.1 Å². The third kappa shape index (κ3) is 2.34. The molecule has 1 aromatic carbocycles. The number of hydrogen-bond acceptors (Lipinski definition) is 4. The van der Waals surface area contributed by atoms with Gasteiger partial charge in [-0.1, -0.05) is 0 Å². The number of amides is 1. The van der Waals surface area contributed by atoms with Crippen molar-refractivity contribution in [3.8, 4) is 11.5 Å². The number of methoxy groups -OCH3 is 2. The molecular formula is C13H18N2O3. The van der Waals surface area contributed by atoms with Crippen molar-refractivity contribution in [1.29, 1.82) is 0 Å². The number of hydrogen-bond donors (Lipinski definition) is 1. The summed E-state index contributed by atoms with van der Waals surface area (Å²) in [5, 5.41) is 3.22. The summed E-state index contributed by atoms with van der Waals surface area (Å²) in [4.78, 5) is 13.6. The number of ether oxygens (including phenoxy) is 2. The van der Waals surface area contributed by atoms with Crippen molar-refractivity contribution in [2.24, 2.45) is 0 Å². The van der Waals surface area contributed by atoms with Crippen LogP contribution < -0.4 is 14.8 Å². The second-order valence-corrected chi connectivity index (χ2v) is 4.31. The van der Waals surface area contributed by atoms with E-state index in [9.17, 15) is 4.79 Å². The van der Waals surface area contributed by atoms with Gasteiger partial charge in [0.15, 0.2) is 0 Å². The van der Waals surface area contributed by atoms with E-state index < -0.39 is 0 Å². The Hall–Kier alpha value is -1.91. The molecule has 1 fully saturated rings. The molecule has 0 aromatic heterocycles. The molecule has 1 aromatic rings. The Morgan fingerprint density at radius 3 is 2.67 bits per heavy atom. The van der Waals surface area contributed by atoms with Gasteiger partial charge in [-0.3, -0.25) is 4.79 Å². The summed E-state index contributed by atoms with van der Waals surface area (Å²) in [5.74, 6) is 1.55. The summed E-state index contributed by atoms with van der Waals surface area (Å²) in [6.07, 6.45) is 0.801. The van der Waals surface area contributed by atoms with Crippen LogP contribution in [0.15, 0.2) is 18.2 Å². The summed E-state index contributed by atoms with van der Waals surface area (Å²) in [5.41, 5.74) is 0.783. The number of carbonyl (C=O) groups excluding carboxylic acids is 1. The fourth-order valence-corrected chi connectivity index (χ4v) is 2.07. The van der Waals surface area contributed by atoms with Gasteiger partial charge < -0.3 is 19.7 Å². The maximum atomic E-state index is 11.9. The highest BCUT2D eigenvalue weighted by Crippen LogP contribution is 2.30. The van der Waals surface area contributed by atoms with Crippen LogP contribution in [0.25, 0.3) is 0 Å². The van der Waals surface area contributed by atoms with Crippen molar-refractivity contribution in [3.63, 3.8) is 0 Å². The quantitative estimate of drug-likeness (QED) is 0.876. The Kier molecular flexibility index (Phi) is 3.60. The summed E-state index contributed by atoms with van der Waals surface area (Å²) >= 11 is 0. The lowest BCUT2D eigenvalue weighted by Crippen LogP contribution is -2.31. The van der Waals surface area contributed by atoms with E-state index in [-0.39, 0.29) is 11.9 Å². The number of benzene rings is 1. The Labute approximate surface area is 107 Å². The van der Waals surface area contributed by atoms with Crippen molar-refractivity contribution in [2.75, 3.05) is 33.1 Å². The van der Waals surface area contributed by atoms with Crippen LogP contribution in [-0.2, 0) is 4.79 Å². The van der Waals surface area contributed by atoms with Crippen molar-refractivity contribution in [3.05, 3.63) is 18.2 Å². The summed E-state index contributed by atoms with van der Waals surface area (Å²) in [7, 11) is 5.03. The van der Waals surface area contributed by atoms with Gasteiger partial charge in [0.1, 0.15) is 17.5 Å². The van der Waals surface area contributed by atoms with Crippen LogP contribution in [0.5, 0.6) is 11.5 Å². The molecule has 1 aliphatic rings. The van der Waals surface area contributed by atoms with Crippen LogP contribution in [0.1, 0.15) is 6.42 Å². The third-order valence-electron chi connectivity index (χ3n) is 3.16. The number of likely N-dealkylation sites (tertiary alicyclic amines) is 1. The molecule has 98 valence electrons. The monoisotopic (exact) mass is 250 g/mol. The Balaban J connectivity index is 2.19. The molecule has 18 heavy (non-hydrogen) atoms. The molecule has 1 amide bonds. The van der Waals surface area contributed by atoms with Crippen LogP contribution >= 0.6 is 0 Å². The summed E-state index contributed by atoms with van der Waals surface area (Å²) in [6.45, 7) is 0.781. The topological polar surface area (TPSA) is 50.8 Å². The van der Waals surface area contributed by atoms with Gasteiger partial charge in [-0.2, -0.15) is 0 Å². The minimum absolute atomic E-state index is 0.111. The zero-order valence-electron chi connectivity index (χ0n) is 10.9. The fraction of sp³-hybridized carbons (Fsp3) is 0.462. The lowest BCUT2D eigenvalue weighted by Gasteiger charge is -2.16. The predicted molar refractivity (Wildman–Crippen MR) is 69.2 cm³/mol. The lowest BCUT2D eigenvalue weighted by molar-refractivity contribution is -0.127. The van der Waals surface area contributed by atoms with Gasteiger partial charge in [0.05, 0.1) is 19.9 Å². The van der Waals surface area contributed by atoms with Crippen LogP contribution in [0.3, 0.4) is 0 Å². The maximum absolute atomic E-state index is 11.9. The average molecular weight is 250 g/mol. The summed E-state index contributed by atoms with van der Waals surface area (Å²) < 4.78 is 10.5. The van der Waals surface area contributed by atoms with Crippen molar-refractivity contribution < 1.29 is 14.3 Å². The second-order valence-electron chi connectivity index (χ2n) is 4.31. The van der Waals surface area contributed by atoms with Crippen LogP contribution in [0.2, 0.25) is 0 Å². The smallest absolute Gasteiger partial charge is 0.244 e. The van der Waals surface area contributed by atoms with Gasteiger partial charge in [-0.15, -0.1) is 0 Å². The van der Waals surface area contributed by atoms with Gasteiger partial charge in [0, 0.05) is 19.7 Å². The van der Waals surface area contributed by atoms with Gasteiger partial charge in [-0.25, -0.2) is 0 Å². The molecular weight excluding hydrogens is 232 g/mol. The largest absolute Gasteiger partial charge is 0.497 e. The number of nitrogens with one attached hydrogen (secondary N) is 1. The normalized spacial score (nSPS) is 18.9. The molecule has 0 saturated carbocycles. The maximum Gasteiger partial charge on any atom is 0.244 e. The van der Waals surface area contributed by atoms with E-state index in [2.05, 4.69) is 5.32 Å². The fourth-order valence-electron chi connectivity index (χ4n) is 2.07. The molecule has 0 spiro atoms. The van der Waals surface area contributed by atoms with E-state index in [4.69, 9.17) is 9.47 Å². The first-order valence-electron chi connectivity index (χ1n) is 5.89. The second kappa shape index (κ2) is 5.16. The van der Waals surface area contributed by atoms with Crippen molar-refractivity contribution in [1.82, 2.24) is 4.90 Å². The third-order valence-corrected chi connectivity index (χ3v) is 3.16. The zero-order chi connectivity index (χ0) is 13.1. The highest BCUT2D eigenvalue weighted by Gasteiger charge is 2.29. The first-order chi connectivity index (χ1) is 8.65. The average Bonchev–Trinajstić information content (AvgIpc) is 2.70. The van der Waals surface area contributed by atoms with Crippen LogP contribution in [0.4, 0.5) is 5.69 Å². The standard InChI is InChI=1S/C13H18N2O3/c1-15-7-6-10(13(15)16)14-11-8-9(17-2)4-5-12(11)18-3/h4-5,8,10,14H,6-7H2,1-3H3. The minimum Gasteiger partial charge on any atom is -0.497 e. The molecule has 0 radical (unpaired) electrons. The SMILES string of the molecule is COc1ccc(OC)c(NC2CCN(C)C2=O)c1. The zero-order valence-corrected chi connectivity index (χ0v) is 10.9. The number of rotatable bonds is 4. The lowest BCUT2D eigenvalue weighted by atomic mass is 10.2. The number of nitrogens with zero attached hydrogens (tertiary/aromatic N) is 1. The highest BCUT2D eigenvalue weighted by molar-refractivity contribution is 5.87. The van der Waals surface area contributed by atoms with Gasteiger partial charge >= 0.3 is 0 Å². The van der Waals surface area contributed by atoms with Crippen LogP contribution in [-0.4, -0.2) is 44.7 Å². The van der Waals surface area contributed by atoms with Crippen LogP contribution in [0, 0.1) is 0 Å². The van der Waals surface area contributed by atoms with Crippen molar-refractivity contribution in [2.45, 2.75) is 12.5 Å². The molecule has 1 N–H and O–H groups in total. The first kappa shape index (κ1) is 12.5. The van der Waals surface area contributed by atoms with E-state index in [1.807, 2.05) is 25.2 Å². The first-order valence-corrected chi connectivity index (χ1v) is 5.89. The Morgan fingerprint density at radius 2 is 2.11 bits per heavy atom. The molecule has 1 heterocycles. The molecule has 1 aliphatic heterocycles. The van der Waals surface area contributed by atoms with E-state index in [0.717, 1.165) is 24.4 Å². The van der Waals surface area contributed by atoms with Crippen molar-refractivity contribution >= 4 is 11.6 Å². The molecule has 1 atom stereocenters. The van der Waals surface area contributed by atoms with Gasteiger partial charge in [-0.05, 0) is 18.6 Å². The molecule has 5 heteroatoms. The molecule has 2 rings (SSSR count). The molecule has 0 aliphatic carbocycles. The Morgan fingerprint density at radius 1 is 1.33 bits per heavy atom. The number of anilines is 1. The van der Waals surface area contributed by atoms with E-state index in [1.165, 1.54) is 0 Å². The van der Waals surface area contributed by atoms with E-state index in [0.29, 0.717) is 5.75 Å². The molecule has 1 saturated heterocycles. The number of carbonyl (C=O) groups is 1. The number of likely N-dealkylation sites (N-methyl/N-ethyl adjacent to an activating group) is 1. The van der Waals surface area contributed by atoms with Gasteiger partial charge in [0.2, 0.25) is 5.91 Å². The van der Waals surface area contributed by atoms with E-state index >= 15 is 0 Å². The molecule has 0 bridgehead atoms. The minimum atomic E-state index is -0.184. The Bertz CT molecular complexity index is 448. The molecule has 5 nitrogen and oxygen atoms in total. The summed E-state index contributed by atoms with van der Waals surface area (Å²) in [6, 6.07) is 5.30.